The first-order chi connectivity index (χ1) is 7.55. The summed E-state index contributed by atoms with van der Waals surface area (Å²) in [6, 6.07) is 2.08. The third-order valence-electron chi connectivity index (χ3n) is 3.43. The maximum Gasteiger partial charge on any atom is 0.0823 e. The van der Waals surface area contributed by atoms with Gasteiger partial charge in [0.25, 0.3) is 0 Å². The largest absolute Gasteiger partial charge is 0.367 e. The lowest BCUT2D eigenvalue weighted by Gasteiger charge is -2.39. The molecule has 0 aliphatic carbocycles. The van der Waals surface area contributed by atoms with Crippen molar-refractivity contribution in [3.63, 3.8) is 0 Å². The van der Waals surface area contributed by atoms with E-state index in [1.54, 1.807) is 0 Å². The number of hydrogen-bond acceptors (Lipinski definition) is 2. The molecule has 1 atom stereocenters. The molecule has 16 heavy (non-hydrogen) atoms. The van der Waals surface area contributed by atoms with Crippen molar-refractivity contribution in [2.24, 2.45) is 0 Å². The fourth-order valence-electron chi connectivity index (χ4n) is 2.41. The summed E-state index contributed by atoms with van der Waals surface area (Å²) < 4.78 is 0. The predicted molar refractivity (Wildman–Crippen MR) is 67.1 cm³/mol. The highest BCUT2D eigenvalue weighted by Gasteiger charge is 2.31. The zero-order valence-corrected chi connectivity index (χ0v) is 10.4. The van der Waals surface area contributed by atoms with Crippen LogP contribution in [-0.4, -0.2) is 16.9 Å². The molecule has 2 heteroatoms. The number of aromatic nitrogens is 1. The third-order valence-corrected chi connectivity index (χ3v) is 3.43. The van der Waals surface area contributed by atoms with E-state index in [1.165, 1.54) is 11.1 Å². The summed E-state index contributed by atoms with van der Waals surface area (Å²) in [7, 11) is 2.10. The SMILES string of the molecule is Cc1ccnc(C)c1C1(C)C=CC=CN1C. The van der Waals surface area contributed by atoms with Gasteiger partial charge < -0.3 is 4.90 Å². The highest BCUT2D eigenvalue weighted by molar-refractivity contribution is 5.40. The van der Waals surface area contributed by atoms with Crippen LogP contribution in [0.3, 0.4) is 0 Å². The van der Waals surface area contributed by atoms with Crippen LogP contribution in [0.1, 0.15) is 23.7 Å². The van der Waals surface area contributed by atoms with E-state index in [4.69, 9.17) is 0 Å². The Bertz CT molecular complexity index is 440. The summed E-state index contributed by atoms with van der Waals surface area (Å²) in [5.41, 5.74) is 3.62. The highest BCUT2D eigenvalue weighted by Crippen LogP contribution is 2.34. The average molecular weight is 214 g/mol. The molecule has 2 nitrogen and oxygen atoms in total. The van der Waals surface area contributed by atoms with Crippen LogP contribution in [0.25, 0.3) is 0 Å². The summed E-state index contributed by atoms with van der Waals surface area (Å²) in [5.74, 6) is 0. The van der Waals surface area contributed by atoms with Gasteiger partial charge in [0.05, 0.1) is 5.54 Å². The summed E-state index contributed by atoms with van der Waals surface area (Å²) in [5, 5.41) is 0. The van der Waals surface area contributed by atoms with Gasteiger partial charge in [0.2, 0.25) is 0 Å². The maximum absolute atomic E-state index is 4.41. The third kappa shape index (κ3) is 1.54. The molecule has 0 N–H and O–H groups in total. The smallest absolute Gasteiger partial charge is 0.0823 e. The Labute approximate surface area is 97.3 Å². The molecule has 0 saturated carbocycles. The van der Waals surface area contributed by atoms with Gasteiger partial charge in [0.1, 0.15) is 0 Å². The van der Waals surface area contributed by atoms with Gasteiger partial charge in [-0.25, -0.2) is 0 Å². The van der Waals surface area contributed by atoms with Crippen LogP contribution in [0.15, 0.2) is 36.7 Å². The van der Waals surface area contributed by atoms with Gasteiger partial charge in [-0.15, -0.1) is 0 Å². The number of allylic oxidation sites excluding steroid dienone is 2. The molecule has 0 amide bonds. The quantitative estimate of drug-likeness (QED) is 0.714. The van der Waals surface area contributed by atoms with Crippen LogP contribution >= 0.6 is 0 Å². The van der Waals surface area contributed by atoms with Gasteiger partial charge in [-0.2, -0.15) is 0 Å². The molecule has 2 heterocycles. The Morgan fingerprint density at radius 3 is 2.62 bits per heavy atom. The molecule has 0 spiro atoms. The van der Waals surface area contributed by atoms with Crippen molar-refractivity contribution in [1.82, 2.24) is 9.88 Å². The fourth-order valence-corrected chi connectivity index (χ4v) is 2.41. The molecule has 1 unspecified atom stereocenters. The second kappa shape index (κ2) is 3.78. The van der Waals surface area contributed by atoms with Crippen molar-refractivity contribution in [3.8, 4) is 0 Å². The topological polar surface area (TPSA) is 16.1 Å². The lowest BCUT2D eigenvalue weighted by molar-refractivity contribution is 0.259. The van der Waals surface area contributed by atoms with Gasteiger partial charge in [-0.3, -0.25) is 4.98 Å². The van der Waals surface area contributed by atoms with E-state index in [1.807, 2.05) is 6.20 Å². The molecule has 1 aromatic rings. The van der Waals surface area contributed by atoms with E-state index >= 15 is 0 Å². The van der Waals surface area contributed by atoms with Gasteiger partial charge in [-0.05, 0) is 44.7 Å². The van der Waals surface area contributed by atoms with Gasteiger partial charge in [-0.1, -0.05) is 12.2 Å². The van der Waals surface area contributed by atoms with Crippen LogP contribution in [0.2, 0.25) is 0 Å². The minimum Gasteiger partial charge on any atom is -0.367 e. The van der Waals surface area contributed by atoms with E-state index in [0.29, 0.717) is 0 Å². The van der Waals surface area contributed by atoms with Gasteiger partial charge in [0, 0.05) is 24.5 Å². The van der Waals surface area contributed by atoms with Crippen LogP contribution in [-0.2, 0) is 5.54 Å². The zero-order valence-electron chi connectivity index (χ0n) is 10.4. The molecular weight excluding hydrogens is 196 g/mol. The van der Waals surface area contributed by atoms with Crippen molar-refractivity contribution in [1.29, 1.82) is 0 Å². The first kappa shape index (κ1) is 10.9. The van der Waals surface area contributed by atoms with Crippen LogP contribution in [0.4, 0.5) is 0 Å². The maximum atomic E-state index is 4.41. The number of aryl methyl sites for hydroxylation is 2. The van der Waals surface area contributed by atoms with Gasteiger partial charge >= 0.3 is 0 Å². The molecular formula is C14H18N2. The minimum absolute atomic E-state index is 0.0861. The van der Waals surface area contributed by atoms with Crippen molar-refractivity contribution < 1.29 is 0 Å². The summed E-state index contributed by atoms with van der Waals surface area (Å²) in [4.78, 5) is 6.64. The zero-order chi connectivity index (χ0) is 11.8. The Morgan fingerprint density at radius 1 is 1.25 bits per heavy atom. The number of rotatable bonds is 1. The average Bonchev–Trinajstić information content (AvgIpc) is 2.22. The van der Waals surface area contributed by atoms with Crippen LogP contribution in [0.5, 0.6) is 0 Å². The second-order valence-electron chi connectivity index (χ2n) is 4.55. The Morgan fingerprint density at radius 2 is 2.00 bits per heavy atom. The lowest BCUT2D eigenvalue weighted by atomic mass is 9.85. The Balaban J connectivity index is 2.59. The lowest BCUT2D eigenvalue weighted by Crippen LogP contribution is -2.38. The van der Waals surface area contributed by atoms with Gasteiger partial charge in [0.15, 0.2) is 0 Å². The molecule has 84 valence electrons. The van der Waals surface area contributed by atoms with E-state index in [-0.39, 0.29) is 5.54 Å². The van der Waals surface area contributed by atoms with Crippen molar-refractivity contribution in [2.75, 3.05) is 7.05 Å². The number of nitrogens with zero attached hydrogens (tertiary/aromatic N) is 2. The predicted octanol–water partition coefficient (Wildman–Crippen LogP) is 2.93. The number of likely N-dealkylation sites (N-methyl/N-ethyl adjacent to an activating group) is 1. The van der Waals surface area contributed by atoms with Crippen molar-refractivity contribution >= 4 is 0 Å². The number of hydrogen-bond donors (Lipinski definition) is 0. The molecule has 1 aromatic heterocycles. The minimum atomic E-state index is -0.0861. The molecule has 0 radical (unpaired) electrons. The van der Waals surface area contributed by atoms with Crippen LogP contribution in [0, 0.1) is 13.8 Å². The first-order valence-corrected chi connectivity index (χ1v) is 5.57. The van der Waals surface area contributed by atoms with Crippen molar-refractivity contribution in [3.05, 3.63) is 53.5 Å². The fraction of sp³-hybridized carbons (Fsp3) is 0.357. The van der Waals surface area contributed by atoms with E-state index < -0.39 is 0 Å². The monoisotopic (exact) mass is 214 g/mol. The second-order valence-corrected chi connectivity index (χ2v) is 4.55. The normalized spacial score (nSPS) is 23.9. The number of pyridine rings is 1. The molecule has 1 aliphatic heterocycles. The van der Waals surface area contributed by atoms with E-state index in [9.17, 15) is 0 Å². The molecule has 0 fully saturated rings. The van der Waals surface area contributed by atoms with E-state index in [0.717, 1.165) is 5.69 Å². The van der Waals surface area contributed by atoms with Crippen molar-refractivity contribution in [2.45, 2.75) is 26.3 Å². The molecule has 0 bridgehead atoms. The summed E-state index contributed by atoms with van der Waals surface area (Å²) in [6.07, 6.45) is 10.4. The molecule has 1 aliphatic rings. The molecule has 0 saturated heterocycles. The Hall–Kier alpha value is -1.57. The molecule has 2 rings (SSSR count). The Kier molecular flexibility index (Phi) is 2.58. The van der Waals surface area contributed by atoms with E-state index in [2.05, 4.69) is 68.2 Å². The standard InChI is InChI=1S/C14H18N2/c1-11-7-9-15-12(2)13(11)14(3)8-5-6-10-16(14)4/h5-10H,1-4H3. The van der Waals surface area contributed by atoms with Crippen LogP contribution < -0.4 is 0 Å². The molecule has 0 aromatic carbocycles. The summed E-state index contributed by atoms with van der Waals surface area (Å²) in [6.45, 7) is 6.45. The first-order valence-electron chi connectivity index (χ1n) is 5.57. The highest BCUT2D eigenvalue weighted by atomic mass is 15.2. The summed E-state index contributed by atoms with van der Waals surface area (Å²) >= 11 is 0.